The van der Waals surface area contributed by atoms with E-state index in [0.717, 1.165) is 0 Å². The number of hydrogen-bond donors (Lipinski definition) is 2. The van der Waals surface area contributed by atoms with E-state index in [4.69, 9.17) is 10.2 Å². The zero-order valence-corrected chi connectivity index (χ0v) is 8.81. The number of fused-ring (bicyclic) bond motifs is 2. The number of aromatic hydroxyl groups is 1. The van der Waals surface area contributed by atoms with Gasteiger partial charge in [0, 0.05) is 0 Å². The Morgan fingerprint density at radius 1 is 1.12 bits per heavy atom. The lowest BCUT2D eigenvalue weighted by molar-refractivity contribution is 0.480. The predicted molar refractivity (Wildman–Crippen MR) is 66.1 cm³/mol. The molecule has 1 aromatic heterocycles. The summed E-state index contributed by atoms with van der Waals surface area (Å²) in [6.07, 6.45) is 0. The monoisotopic (exact) mass is 227 g/mol. The molecule has 0 saturated heterocycles. The molecule has 0 atom stereocenters. The minimum Gasteiger partial charge on any atom is -0.507 e. The maximum atomic E-state index is 12.2. The van der Waals surface area contributed by atoms with Crippen LogP contribution < -0.4 is 11.2 Å². The molecule has 3 N–H and O–H groups in total. The maximum Gasteiger partial charge on any atom is 0.204 e. The van der Waals surface area contributed by atoms with E-state index < -0.39 is 0 Å². The third kappa shape index (κ3) is 1.27. The van der Waals surface area contributed by atoms with Gasteiger partial charge in [-0.15, -0.1) is 0 Å². The first-order chi connectivity index (χ1) is 8.18. The van der Waals surface area contributed by atoms with Crippen molar-refractivity contribution in [1.29, 1.82) is 0 Å². The number of phenolic OH excluding ortho intramolecular Hbond substituents is 1. The maximum absolute atomic E-state index is 12.2. The molecule has 0 amide bonds. The van der Waals surface area contributed by atoms with Crippen LogP contribution in [0.15, 0.2) is 45.6 Å². The molecule has 84 valence electrons. The van der Waals surface area contributed by atoms with Crippen molar-refractivity contribution in [3.05, 3.63) is 46.6 Å². The topological polar surface area (TPSA) is 76.5 Å². The van der Waals surface area contributed by atoms with Crippen molar-refractivity contribution in [2.24, 2.45) is 0 Å². The highest BCUT2D eigenvalue weighted by Crippen LogP contribution is 2.29. The molecule has 0 spiro atoms. The minimum absolute atomic E-state index is 0.117. The average molecular weight is 227 g/mol. The Morgan fingerprint density at radius 3 is 2.71 bits per heavy atom. The molecule has 4 nitrogen and oxygen atoms in total. The van der Waals surface area contributed by atoms with Gasteiger partial charge in [0.05, 0.1) is 11.1 Å². The third-order valence-electron chi connectivity index (χ3n) is 2.74. The van der Waals surface area contributed by atoms with E-state index in [-0.39, 0.29) is 22.1 Å². The third-order valence-corrected chi connectivity index (χ3v) is 2.74. The summed E-state index contributed by atoms with van der Waals surface area (Å²) in [5.41, 5.74) is 6.49. The van der Waals surface area contributed by atoms with E-state index in [0.29, 0.717) is 16.7 Å². The number of hydrogen-bond acceptors (Lipinski definition) is 4. The van der Waals surface area contributed by atoms with Crippen LogP contribution in [-0.2, 0) is 0 Å². The van der Waals surface area contributed by atoms with Gasteiger partial charge in [-0.05, 0) is 24.3 Å². The molecule has 0 aliphatic rings. The van der Waals surface area contributed by atoms with Crippen LogP contribution in [0.1, 0.15) is 0 Å². The van der Waals surface area contributed by atoms with Gasteiger partial charge in [-0.25, -0.2) is 0 Å². The standard InChI is InChI=1S/C13H9NO3/c14-8-5-6-9(15)11-12(16)7-3-1-2-4-10(7)17-13(8)11/h1-6,15H,14H2. The second-order valence-electron chi connectivity index (χ2n) is 3.81. The van der Waals surface area contributed by atoms with Gasteiger partial charge < -0.3 is 15.3 Å². The first-order valence-electron chi connectivity index (χ1n) is 5.11. The highest BCUT2D eigenvalue weighted by molar-refractivity contribution is 5.98. The molecule has 0 saturated carbocycles. The summed E-state index contributed by atoms with van der Waals surface area (Å²) in [5.74, 6) is -0.117. The minimum atomic E-state index is -0.272. The van der Waals surface area contributed by atoms with E-state index in [1.54, 1.807) is 24.3 Å². The van der Waals surface area contributed by atoms with Crippen molar-refractivity contribution in [3.8, 4) is 5.75 Å². The van der Waals surface area contributed by atoms with E-state index in [1.165, 1.54) is 12.1 Å². The van der Waals surface area contributed by atoms with Crippen LogP contribution in [-0.4, -0.2) is 5.11 Å². The number of nitrogens with two attached hydrogens (primary N) is 1. The van der Waals surface area contributed by atoms with Crippen molar-refractivity contribution in [1.82, 2.24) is 0 Å². The number of benzene rings is 2. The van der Waals surface area contributed by atoms with Crippen molar-refractivity contribution >= 4 is 27.6 Å². The Kier molecular flexibility index (Phi) is 1.86. The van der Waals surface area contributed by atoms with E-state index in [2.05, 4.69) is 0 Å². The van der Waals surface area contributed by atoms with Gasteiger partial charge in [-0.1, -0.05) is 12.1 Å². The van der Waals surface area contributed by atoms with Gasteiger partial charge >= 0.3 is 0 Å². The number of phenols is 1. The first-order valence-corrected chi connectivity index (χ1v) is 5.11. The zero-order chi connectivity index (χ0) is 12.0. The summed E-state index contributed by atoms with van der Waals surface area (Å²) in [7, 11) is 0. The molecule has 0 bridgehead atoms. The normalized spacial score (nSPS) is 11.1. The van der Waals surface area contributed by atoms with Gasteiger partial charge in [0.2, 0.25) is 5.43 Å². The van der Waals surface area contributed by atoms with Gasteiger partial charge in [0.25, 0.3) is 0 Å². The summed E-state index contributed by atoms with van der Waals surface area (Å²) in [4.78, 5) is 12.2. The number of anilines is 1. The average Bonchev–Trinajstić information content (AvgIpc) is 2.34. The van der Waals surface area contributed by atoms with Crippen molar-refractivity contribution in [3.63, 3.8) is 0 Å². The Hall–Kier alpha value is -2.49. The second-order valence-corrected chi connectivity index (χ2v) is 3.81. The van der Waals surface area contributed by atoms with Crippen LogP contribution >= 0.6 is 0 Å². The highest BCUT2D eigenvalue weighted by Gasteiger charge is 2.12. The van der Waals surface area contributed by atoms with Crippen LogP contribution in [0.2, 0.25) is 0 Å². The van der Waals surface area contributed by atoms with Gasteiger partial charge in [-0.2, -0.15) is 0 Å². The zero-order valence-electron chi connectivity index (χ0n) is 8.81. The number of nitrogen functional groups attached to an aromatic ring is 1. The second kappa shape index (κ2) is 3.25. The fourth-order valence-electron chi connectivity index (χ4n) is 1.91. The highest BCUT2D eigenvalue weighted by atomic mass is 16.3. The molecule has 1 heterocycles. The smallest absolute Gasteiger partial charge is 0.204 e. The Morgan fingerprint density at radius 2 is 1.88 bits per heavy atom. The van der Waals surface area contributed by atoms with E-state index in [1.807, 2.05) is 0 Å². The predicted octanol–water partition coefficient (Wildman–Crippen LogP) is 2.23. The summed E-state index contributed by atoms with van der Waals surface area (Å²) in [6, 6.07) is 9.77. The first kappa shape index (κ1) is 9.72. The molecule has 0 radical (unpaired) electrons. The van der Waals surface area contributed by atoms with Crippen molar-refractivity contribution < 1.29 is 9.52 Å². The summed E-state index contributed by atoms with van der Waals surface area (Å²) in [5, 5.41) is 10.3. The van der Waals surface area contributed by atoms with Crippen LogP contribution in [0.5, 0.6) is 5.75 Å². The number of rotatable bonds is 0. The lowest BCUT2D eigenvalue weighted by Crippen LogP contribution is -2.03. The van der Waals surface area contributed by atoms with Gasteiger partial charge in [0.15, 0.2) is 5.58 Å². The van der Waals surface area contributed by atoms with Gasteiger partial charge in [0.1, 0.15) is 16.7 Å². The molecule has 4 heteroatoms. The summed E-state index contributed by atoms with van der Waals surface area (Å²) >= 11 is 0. The largest absolute Gasteiger partial charge is 0.507 e. The van der Waals surface area contributed by atoms with Crippen molar-refractivity contribution in [2.75, 3.05) is 5.73 Å². The fraction of sp³-hybridized carbons (Fsp3) is 0. The quantitative estimate of drug-likeness (QED) is 0.351. The van der Waals surface area contributed by atoms with E-state index in [9.17, 15) is 9.90 Å². The Bertz CT molecular complexity index is 790. The Balaban J connectivity index is 2.69. The van der Waals surface area contributed by atoms with Crippen molar-refractivity contribution in [2.45, 2.75) is 0 Å². The van der Waals surface area contributed by atoms with Crippen LogP contribution in [0.25, 0.3) is 21.9 Å². The SMILES string of the molecule is Nc1ccc(O)c2c(=O)c3ccccc3oc12. The Labute approximate surface area is 95.9 Å². The molecular formula is C13H9NO3. The van der Waals surface area contributed by atoms with Crippen LogP contribution in [0, 0.1) is 0 Å². The van der Waals surface area contributed by atoms with Gasteiger partial charge in [-0.3, -0.25) is 4.79 Å². The molecule has 3 aromatic rings. The molecule has 0 aliphatic carbocycles. The summed E-state index contributed by atoms with van der Waals surface area (Å²) < 4.78 is 5.55. The molecule has 2 aromatic carbocycles. The summed E-state index contributed by atoms with van der Waals surface area (Å²) in [6.45, 7) is 0. The fourth-order valence-corrected chi connectivity index (χ4v) is 1.91. The molecule has 0 unspecified atom stereocenters. The van der Waals surface area contributed by atoms with Crippen LogP contribution in [0.4, 0.5) is 5.69 Å². The molecule has 0 aliphatic heterocycles. The van der Waals surface area contributed by atoms with E-state index >= 15 is 0 Å². The lowest BCUT2D eigenvalue weighted by atomic mass is 10.1. The van der Waals surface area contributed by atoms with Crippen LogP contribution in [0.3, 0.4) is 0 Å². The molecule has 17 heavy (non-hydrogen) atoms. The number of para-hydroxylation sites is 1. The molecule has 0 fully saturated rings. The molecular weight excluding hydrogens is 218 g/mol. The lowest BCUT2D eigenvalue weighted by Gasteiger charge is -2.04. The molecule has 3 rings (SSSR count).